The van der Waals surface area contributed by atoms with Crippen LogP contribution in [-0.4, -0.2) is 48.0 Å². The van der Waals surface area contributed by atoms with Crippen LogP contribution in [0.25, 0.3) is 0 Å². The van der Waals surface area contributed by atoms with E-state index in [1.54, 1.807) is 43.1 Å². The van der Waals surface area contributed by atoms with Crippen LogP contribution in [0.4, 0.5) is 0 Å². The van der Waals surface area contributed by atoms with Gasteiger partial charge in [-0.15, -0.1) is 11.8 Å². The Hall–Kier alpha value is -2.18. The fourth-order valence-electron chi connectivity index (χ4n) is 2.85. The zero-order chi connectivity index (χ0) is 18.4. The number of hydrogen-bond donors (Lipinski definition) is 1. The van der Waals surface area contributed by atoms with Crippen molar-refractivity contribution in [3.8, 4) is 11.5 Å². The lowest BCUT2D eigenvalue weighted by Gasteiger charge is -2.17. The summed E-state index contributed by atoms with van der Waals surface area (Å²) in [5, 5.41) is 9.42. The summed E-state index contributed by atoms with van der Waals surface area (Å²) in [5.41, 5.74) is 0.820. The van der Waals surface area contributed by atoms with E-state index < -0.39 is 0 Å². The summed E-state index contributed by atoms with van der Waals surface area (Å²) in [6, 6.07) is 15.1. The molecule has 1 fully saturated rings. The first-order chi connectivity index (χ1) is 12.7. The molecular formula is C20H23NO4S. The maximum Gasteiger partial charge on any atom is 0.260 e. The van der Waals surface area contributed by atoms with Crippen LogP contribution in [-0.2, 0) is 11.4 Å². The van der Waals surface area contributed by atoms with Crippen molar-refractivity contribution < 1.29 is 19.4 Å². The van der Waals surface area contributed by atoms with Gasteiger partial charge in [-0.3, -0.25) is 4.79 Å². The lowest BCUT2D eigenvalue weighted by molar-refractivity contribution is -0.132. The number of thioether (sulfide) groups is 1. The van der Waals surface area contributed by atoms with Crippen molar-refractivity contribution in [1.29, 1.82) is 0 Å². The van der Waals surface area contributed by atoms with E-state index >= 15 is 0 Å². The van der Waals surface area contributed by atoms with Gasteiger partial charge in [-0.1, -0.05) is 18.2 Å². The minimum Gasteiger partial charge on any atom is -0.497 e. The van der Waals surface area contributed by atoms with Crippen LogP contribution in [0.15, 0.2) is 53.4 Å². The summed E-state index contributed by atoms with van der Waals surface area (Å²) in [6.45, 7) is 1.52. The number of carbonyl (C=O) groups excluding carboxylic acids is 1. The molecule has 0 saturated carbocycles. The molecule has 6 heteroatoms. The molecular weight excluding hydrogens is 350 g/mol. The van der Waals surface area contributed by atoms with Gasteiger partial charge in [-0.05, 0) is 42.3 Å². The van der Waals surface area contributed by atoms with E-state index in [1.165, 1.54) is 0 Å². The fourth-order valence-corrected chi connectivity index (χ4v) is 4.05. The molecule has 1 atom stereocenters. The number of methoxy groups -OCH3 is 1. The third-order valence-corrected chi connectivity index (χ3v) is 5.55. The standard InChI is InChI=1S/C20H23NO4S/c1-24-17-3-2-4-18(11-17)26-19-9-10-21(12-19)20(23)14-25-16-7-5-15(13-22)6-8-16/h2-8,11,19,22H,9-10,12-14H2,1H3. The number of ether oxygens (including phenoxy) is 2. The normalized spacial score (nSPS) is 16.5. The Morgan fingerprint density at radius 2 is 2.04 bits per heavy atom. The molecule has 1 unspecified atom stereocenters. The van der Waals surface area contributed by atoms with Crippen molar-refractivity contribution in [2.45, 2.75) is 23.2 Å². The van der Waals surface area contributed by atoms with Crippen LogP contribution in [0.1, 0.15) is 12.0 Å². The topological polar surface area (TPSA) is 59.0 Å². The van der Waals surface area contributed by atoms with Crippen LogP contribution < -0.4 is 9.47 Å². The average molecular weight is 373 g/mol. The molecule has 138 valence electrons. The van der Waals surface area contributed by atoms with Crippen molar-refractivity contribution in [3.63, 3.8) is 0 Å². The number of benzene rings is 2. The smallest absolute Gasteiger partial charge is 0.260 e. The largest absolute Gasteiger partial charge is 0.497 e. The SMILES string of the molecule is COc1cccc(SC2CCN(C(=O)COc3ccc(CO)cc3)C2)c1. The predicted molar refractivity (Wildman–Crippen MR) is 102 cm³/mol. The number of aliphatic hydroxyl groups is 1. The van der Waals surface area contributed by atoms with E-state index in [9.17, 15) is 4.79 Å². The second-order valence-corrected chi connectivity index (χ2v) is 7.51. The van der Waals surface area contributed by atoms with Gasteiger partial charge in [0.25, 0.3) is 5.91 Å². The molecule has 5 nitrogen and oxygen atoms in total. The molecule has 1 saturated heterocycles. The highest BCUT2D eigenvalue weighted by atomic mass is 32.2. The second-order valence-electron chi connectivity index (χ2n) is 6.14. The molecule has 3 rings (SSSR count). The first kappa shape index (κ1) is 18.6. The number of rotatable bonds is 7. The van der Waals surface area contributed by atoms with E-state index in [-0.39, 0.29) is 19.1 Å². The van der Waals surface area contributed by atoms with Crippen LogP contribution in [0.5, 0.6) is 11.5 Å². The predicted octanol–water partition coefficient (Wildman–Crippen LogP) is 2.96. The number of aliphatic hydroxyl groups excluding tert-OH is 1. The Labute approximate surface area is 157 Å². The molecule has 1 amide bonds. The van der Waals surface area contributed by atoms with E-state index in [0.29, 0.717) is 11.0 Å². The summed E-state index contributed by atoms with van der Waals surface area (Å²) < 4.78 is 10.8. The second kappa shape index (κ2) is 8.96. The Balaban J connectivity index is 1.47. The zero-order valence-corrected chi connectivity index (χ0v) is 15.6. The van der Waals surface area contributed by atoms with Crippen LogP contribution in [0.2, 0.25) is 0 Å². The highest BCUT2D eigenvalue weighted by Gasteiger charge is 2.27. The number of amides is 1. The summed E-state index contributed by atoms with van der Waals surface area (Å²) >= 11 is 1.78. The molecule has 1 aliphatic heterocycles. The van der Waals surface area contributed by atoms with Gasteiger partial charge in [0.05, 0.1) is 13.7 Å². The molecule has 1 N–H and O–H groups in total. The average Bonchev–Trinajstić information content (AvgIpc) is 3.15. The minimum absolute atomic E-state index is 0.000663. The van der Waals surface area contributed by atoms with Crippen LogP contribution in [0.3, 0.4) is 0 Å². The van der Waals surface area contributed by atoms with Gasteiger partial charge >= 0.3 is 0 Å². The Morgan fingerprint density at radius 3 is 2.77 bits per heavy atom. The van der Waals surface area contributed by atoms with Crippen LogP contribution >= 0.6 is 11.8 Å². The van der Waals surface area contributed by atoms with Crippen molar-refractivity contribution in [2.75, 3.05) is 26.8 Å². The van der Waals surface area contributed by atoms with Crippen molar-refractivity contribution in [3.05, 3.63) is 54.1 Å². The van der Waals surface area contributed by atoms with E-state index in [0.717, 1.165) is 35.7 Å². The van der Waals surface area contributed by atoms with Gasteiger partial charge in [-0.2, -0.15) is 0 Å². The van der Waals surface area contributed by atoms with Gasteiger partial charge in [-0.25, -0.2) is 0 Å². The molecule has 2 aromatic rings. The number of carbonyl (C=O) groups is 1. The summed E-state index contributed by atoms with van der Waals surface area (Å²) in [5.74, 6) is 1.49. The summed E-state index contributed by atoms with van der Waals surface area (Å²) in [4.78, 5) is 15.4. The maximum absolute atomic E-state index is 12.4. The first-order valence-electron chi connectivity index (χ1n) is 8.59. The lowest BCUT2D eigenvalue weighted by atomic mass is 10.2. The van der Waals surface area contributed by atoms with Crippen LogP contribution in [0, 0.1) is 0 Å². The van der Waals surface area contributed by atoms with Gasteiger partial charge in [0.2, 0.25) is 0 Å². The van der Waals surface area contributed by atoms with Gasteiger partial charge in [0.1, 0.15) is 11.5 Å². The molecule has 0 spiro atoms. The first-order valence-corrected chi connectivity index (χ1v) is 9.47. The summed E-state index contributed by atoms with van der Waals surface area (Å²) in [7, 11) is 1.66. The molecule has 26 heavy (non-hydrogen) atoms. The third kappa shape index (κ3) is 4.93. The van der Waals surface area contributed by atoms with Gasteiger partial charge < -0.3 is 19.5 Å². The highest BCUT2D eigenvalue weighted by molar-refractivity contribution is 8.00. The molecule has 0 aliphatic carbocycles. The number of likely N-dealkylation sites (tertiary alicyclic amines) is 1. The zero-order valence-electron chi connectivity index (χ0n) is 14.8. The fraction of sp³-hybridized carbons (Fsp3) is 0.350. The Bertz CT molecular complexity index is 735. The lowest BCUT2D eigenvalue weighted by Crippen LogP contribution is -2.33. The molecule has 0 aromatic heterocycles. The number of hydrogen-bond acceptors (Lipinski definition) is 5. The Morgan fingerprint density at radius 1 is 1.23 bits per heavy atom. The van der Waals surface area contributed by atoms with Crippen molar-refractivity contribution in [1.82, 2.24) is 4.90 Å². The van der Waals surface area contributed by atoms with Gasteiger partial charge in [0, 0.05) is 23.2 Å². The third-order valence-electron chi connectivity index (χ3n) is 4.31. The number of nitrogens with zero attached hydrogens (tertiary/aromatic N) is 1. The van der Waals surface area contributed by atoms with E-state index in [1.807, 2.05) is 23.1 Å². The molecule has 1 heterocycles. The molecule has 0 bridgehead atoms. The van der Waals surface area contributed by atoms with Crippen molar-refractivity contribution >= 4 is 17.7 Å². The van der Waals surface area contributed by atoms with E-state index in [4.69, 9.17) is 14.6 Å². The molecule has 0 radical (unpaired) electrons. The Kier molecular flexibility index (Phi) is 6.41. The minimum atomic E-state index is -0.000663. The maximum atomic E-state index is 12.4. The molecule has 2 aromatic carbocycles. The highest BCUT2D eigenvalue weighted by Crippen LogP contribution is 2.31. The monoisotopic (exact) mass is 373 g/mol. The quantitative estimate of drug-likeness (QED) is 0.809. The summed E-state index contributed by atoms with van der Waals surface area (Å²) in [6.07, 6.45) is 0.971. The molecule has 1 aliphatic rings. The van der Waals surface area contributed by atoms with Gasteiger partial charge in [0.15, 0.2) is 6.61 Å². The van der Waals surface area contributed by atoms with E-state index in [2.05, 4.69) is 6.07 Å². The van der Waals surface area contributed by atoms with Crippen molar-refractivity contribution in [2.24, 2.45) is 0 Å².